The van der Waals surface area contributed by atoms with Gasteiger partial charge in [-0.25, -0.2) is 4.79 Å². The van der Waals surface area contributed by atoms with E-state index in [1.54, 1.807) is 18.2 Å². The van der Waals surface area contributed by atoms with Crippen LogP contribution in [-0.4, -0.2) is 31.6 Å². The summed E-state index contributed by atoms with van der Waals surface area (Å²) < 4.78 is 4.68. The molecule has 2 N–H and O–H groups in total. The van der Waals surface area contributed by atoms with Gasteiger partial charge in [0.1, 0.15) is 0 Å². The molecule has 2 rings (SSSR count). The lowest BCUT2D eigenvalue weighted by Crippen LogP contribution is -2.43. The number of halogens is 1. The maximum atomic E-state index is 12.1. The summed E-state index contributed by atoms with van der Waals surface area (Å²) in [7, 11) is 1.30. The quantitative estimate of drug-likeness (QED) is 0.809. The minimum Gasteiger partial charge on any atom is -0.465 e. The number of amides is 1. The molecule has 1 fully saturated rings. The Morgan fingerprint density at radius 1 is 1.30 bits per heavy atom. The molecule has 6 heteroatoms. The lowest BCUT2D eigenvalue weighted by molar-refractivity contribution is -0.120. The standard InChI is InChI=1S/C17H23ClN2O3/c1-11-5-3-4-6-15(11)20-16(21)10-19-12-7-8-14(18)13(9-12)17(22)23-2/h7-9,11,15,19H,3-6,10H2,1-2H3,(H,20,21). The van der Waals surface area contributed by atoms with Crippen molar-refractivity contribution in [3.63, 3.8) is 0 Å². The molecule has 1 aliphatic carbocycles. The van der Waals surface area contributed by atoms with Gasteiger partial charge in [0, 0.05) is 11.7 Å². The summed E-state index contributed by atoms with van der Waals surface area (Å²) in [6.07, 6.45) is 4.62. The highest BCUT2D eigenvalue weighted by Crippen LogP contribution is 2.24. The van der Waals surface area contributed by atoms with E-state index in [2.05, 4.69) is 22.3 Å². The molecule has 2 unspecified atom stereocenters. The van der Waals surface area contributed by atoms with Gasteiger partial charge in [-0.3, -0.25) is 4.79 Å². The molecule has 0 radical (unpaired) electrons. The molecule has 23 heavy (non-hydrogen) atoms. The number of anilines is 1. The van der Waals surface area contributed by atoms with E-state index in [0.29, 0.717) is 16.6 Å². The van der Waals surface area contributed by atoms with Gasteiger partial charge in [-0.1, -0.05) is 31.4 Å². The van der Waals surface area contributed by atoms with Crippen molar-refractivity contribution >= 4 is 29.2 Å². The first kappa shape index (κ1) is 17.6. The largest absolute Gasteiger partial charge is 0.465 e. The fourth-order valence-corrected chi connectivity index (χ4v) is 3.07. The molecule has 0 heterocycles. The average molecular weight is 339 g/mol. The second kappa shape index (κ2) is 8.20. The number of hydrogen-bond donors (Lipinski definition) is 2. The summed E-state index contributed by atoms with van der Waals surface area (Å²) in [5.41, 5.74) is 0.933. The maximum Gasteiger partial charge on any atom is 0.339 e. The fraction of sp³-hybridized carbons (Fsp3) is 0.529. The fourth-order valence-electron chi connectivity index (χ4n) is 2.87. The molecule has 1 saturated carbocycles. The normalized spacial score (nSPS) is 20.7. The van der Waals surface area contributed by atoms with E-state index in [1.807, 2.05) is 0 Å². The Labute approximate surface area is 141 Å². The molecule has 1 aromatic carbocycles. The highest BCUT2D eigenvalue weighted by atomic mass is 35.5. The number of carbonyl (C=O) groups excluding carboxylic acids is 2. The van der Waals surface area contributed by atoms with Crippen molar-refractivity contribution in [1.82, 2.24) is 5.32 Å². The molecule has 1 aromatic rings. The third-order valence-corrected chi connectivity index (χ3v) is 4.61. The summed E-state index contributed by atoms with van der Waals surface area (Å²) >= 11 is 5.97. The van der Waals surface area contributed by atoms with Crippen LogP contribution in [0.25, 0.3) is 0 Å². The third-order valence-electron chi connectivity index (χ3n) is 4.28. The second-order valence-corrected chi connectivity index (χ2v) is 6.38. The first-order valence-electron chi connectivity index (χ1n) is 7.92. The molecule has 0 aromatic heterocycles. The van der Waals surface area contributed by atoms with Crippen LogP contribution in [0.2, 0.25) is 5.02 Å². The number of rotatable bonds is 5. The number of benzene rings is 1. The summed E-state index contributed by atoms with van der Waals surface area (Å²) in [6, 6.07) is 5.18. The lowest BCUT2D eigenvalue weighted by atomic mass is 9.86. The average Bonchev–Trinajstić information content (AvgIpc) is 2.55. The Balaban J connectivity index is 1.90. The van der Waals surface area contributed by atoms with Gasteiger partial charge in [0.05, 0.1) is 24.2 Å². The highest BCUT2D eigenvalue weighted by Gasteiger charge is 2.22. The summed E-state index contributed by atoms with van der Waals surface area (Å²) in [5, 5.41) is 6.42. The van der Waals surface area contributed by atoms with Crippen molar-refractivity contribution < 1.29 is 14.3 Å². The van der Waals surface area contributed by atoms with Crippen LogP contribution in [0.15, 0.2) is 18.2 Å². The van der Waals surface area contributed by atoms with Gasteiger partial charge in [0.25, 0.3) is 0 Å². The summed E-state index contributed by atoms with van der Waals surface area (Å²) in [4.78, 5) is 23.7. The third kappa shape index (κ3) is 4.86. The zero-order valence-electron chi connectivity index (χ0n) is 13.5. The summed E-state index contributed by atoms with van der Waals surface area (Å²) in [6.45, 7) is 2.34. The van der Waals surface area contributed by atoms with E-state index < -0.39 is 5.97 Å². The van der Waals surface area contributed by atoms with Crippen LogP contribution in [0.3, 0.4) is 0 Å². The molecule has 1 aliphatic rings. The lowest BCUT2D eigenvalue weighted by Gasteiger charge is -2.29. The van der Waals surface area contributed by atoms with Gasteiger partial charge in [0.2, 0.25) is 5.91 Å². The number of ether oxygens (including phenoxy) is 1. The van der Waals surface area contributed by atoms with Crippen LogP contribution >= 0.6 is 11.6 Å². The van der Waals surface area contributed by atoms with E-state index in [9.17, 15) is 9.59 Å². The maximum absolute atomic E-state index is 12.1. The number of esters is 1. The van der Waals surface area contributed by atoms with Gasteiger partial charge >= 0.3 is 5.97 Å². The Morgan fingerprint density at radius 2 is 2.04 bits per heavy atom. The molecule has 0 aliphatic heterocycles. The van der Waals surface area contributed by atoms with Crippen LogP contribution in [0.4, 0.5) is 5.69 Å². The van der Waals surface area contributed by atoms with Crippen LogP contribution in [0.1, 0.15) is 43.0 Å². The van der Waals surface area contributed by atoms with Gasteiger partial charge in [0.15, 0.2) is 0 Å². The number of methoxy groups -OCH3 is 1. The molecule has 5 nitrogen and oxygen atoms in total. The van der Waals surface area contributed by atoms with Gasteiger partial charge in [-0.15, -0.1) is 0 Å². The van der Waals surface area contributed by atoms with Crippen LogP contribution < -0.4 is 10.6 Å². The van der Waals surface area contributed by atoms with Crippen LogP contribution in [0, 0.1) is 5.92 Å². The van der Waals surface area contributed by atoms with Gasteiger partial charge < -0.3 is 15.4 Å². The summed E-state index contributed by atoms with van der Waals surface area (Å²) in [5.74, 6) is -0.0217. The SMILES string of the molecule is COC(=O)c1cc(NCC(=O)NC2CCCCC2C)ccc1Cl. The zero-order valence-corrected chi connectivity index (χ0v) is 14.3. The highest BCUT2D eigenvalue weighted by molar-refractivity contribution is 6.33. The molecular formula is C17H23ClN2O3. The molecule has 126 valence electrons. The number of carbonyl (C=O) groups is 2. The smallest absolute Gasteiger partial charge is 0.339 e. The zero-order chi connectivity index (χ0) is 16.8. The monoisotopic (exact) mass is 338 g/mol. The first-order chi connectivity index (χ1) is 11.0. The van der Waals surface area contributed by atoms with E-state index in [0.717, 1.165) is 12.8 Å². The molecule has 2 atom stereocenters. The molecule has 1 amide bonds. The number of hydrogen-bond acceptors (Lipinski definition) is 4. The topological polar surface area (TPSA) is 67.4 Å². The van der Waals surface area contributed by atoms with E-state index in [4.69, 9.17) is 11.6 Å². The van der Waals surface area contributed by atoms with Crippen molar-refractivity contribution in [2.75, 3.05) is 19.0 Å². The number of nitrogens with one attached hydrogen (secondary N) is 2. The Kier molecular flexibility index (Phi) is 6.28. The Morgan fingerprint density at radius 3 is 2.74 bits per heavy atom. The predicted molar refractivity (Wildman–Crippen MR) is 90.8 cm³/mol. The van der Waals surface area contributed by atoms with Crippen molar-refractivity contribution in [2.45, 2.75) is 38.6 Å². The van der Waals surface area contributed by atoms with Crippen molar-refractivity contribution in [2.24, 2.45) is 5.92 Å². The van der Waals surface area contributed by atoms with E-state index in [1.165, 1.54) is 20.0 Å². The molecule has 0 bridgehead atoms. The molecule has 0 spiro atoms. The van der Waals surface area contributed by atoms with Crippen molar-refractivity contribution in [3.8, 4) is 0 Å². The molecule has 0 saturated heterocycles. The first-order valence-corrected chi connectivity index (χ1v) is 8.30. The Bertz CT molecular complexity index is 577. The van der Waals surface area contributed by atoms with E-state index >= 15 is 0 Å². The van der Waals surface area contributed by atoms with Crippen LogP contribution in [-0.2, 0) is 9.53 Å². The predicted octanol–water partition coefficient (Wildman–Crippen LogP) is 3.23. The minimum absolute atomic E-state index is 0.0432. The van der Waals surface area contributed by atoms with Crippen molar-refractivity contribution in [3.05, 3.63) is 28.8 Å². The van der Waals surface area contributed by atoms with Gasteiger partial charge in [-0.05, 0) is 37.0 Å². The minimum atomic E-state index is -0.501. The van der Waals surface area contributed by atoms with Crippen LogP contribution in [0.5, 0.6) is 0 Å². The molecular weight excluding hydrogens is 316 g/mol. The van der Waals surface area contributed by atoms with Gasteiger partial charge in [-0.2, -0.15) is 0 Å². The van der Waals surface area contributed by atoms with E-state index in [-0.39, 0.29) is 24.1 Å². The second-order valence-electron chi connectivity index (χ2n) is 5.98. The van der Waals surface area contributed by atoms with Crippen molar-refractivity contribution in [1.29, 1.82) is 0 Å². The Hall–Kier alpha value is -1.75.